The number of hydrogen-bond acceptors (Lipinski definition) is 2. The van der Waals surface area contributed by atoms with Gasteiger partial charge in [-0.2, -0.15) is 0 Å². The normalized spacial score (nSPS) is 20.9. The van der Waals surface area contributed by atoms with Crippen LogP contribution in [0.5, 0.6) is 0 Å². The lowest BCUT2D eigenvalue weighted by Gasteiger charge is -2.23. The zero-order valence-electron chi connectivity index (χ0n) is 9.42. The highest BCUT2D eigenvalue weighted by Gasteiger charge is 2.12. The molecule has 0 saturated carbocycles. The van der Waals surface area contributed by atoms with Crippen LogP contribution >= 0.6 is 0 Å². The summed E-state index contributed by atoms with van der Waals surface area (Å²) in [5, 5.41) is 3.41. The summed E-state index contributed by atoms with van der Waals surface area (Å²) in [5.41, 5.74) is 0.784. The molecule has 0 bridgehead atoms. The SMILES string of the molecule is Fc1ccccc1CCNC1CCCOC1. The van der Waals surface area contributed by atoms with Gasteiger partial charge in [0.25, 0.3) is 0 Å². The highest BCUT2D eigenvalue weighted by molar-refractivity contribution is 5.17. The molecule has 1 unspecified atom stereocenters. The van der Waals surface area contributed by atoms with Crippen LogP contribution in [0.25, 0.3) is 0 Å². The summed E-state index contributed by atoms with van der Waals surface area (Å²) < 4.78 is 18.7. The summed E-state index contributed by atoms with van der Waals surface area (Å²) >= 11 is 0. The van der Waals surface area contributed by atoms with E-state index in [1.165, 1.54) is 6.07 Å². The van der Waals surface area contributed by atoms with E-state index in [4.69, 9.17) is 4.74 Å². The second-order valence-electron chi connectivity index (χ2n) is 4.21. The lowest BCUT2D eigenvalue weighted by atomic mass is 10.1. The van der Waals surface area contributed by atoms with Crippen LogP contribution in [0.4, 0.5) is 4.39 Å². The summed E-state index contributed by atoms with van der Waals surface area (Å²) in [6.45, 7) is 2.48. The van der Waals surface area contributed by atoms with Crippen molar-refractivity contribution in [1.29, 1.82) is 0 Å². The van der Waals surface area contributed by atoms with E-state index in [1.54, 1.807) is 6.07 Å². The lowest BCUT2D eigenvalue weighted by Crippen LogP contribution is -2.37. The van der Waals surface area contributed by atoms with Crippen LogP contribution in [0.15, 0.2) is 24.3 Å². The van der Waals surface area contributed by atoms with Gasteiger partial charge in [-0.1, -0.05) is 18.2 Å². The molecule has 0 amide bonds. The Morgan fingerprint density at radius 1 is 1.38 bits per heavy atom. The molecule has 2 rings (SSSR count). The minimum atomic E-state index is -0.107. The lowest BCUT2D eigenvalue weighted by molar-refractivity contribution is 0.0707. The maximum Gasteiger partial charge on any atom is 0.126 e. The van der Waals surface area contributed by atoms with Gasteiger partial charge in [0.05, 0.1) is 6.61 Å². The summed E-state index contributed by atoms with van der Waals surface area (Å²) in [5.74, 6) is -0.107. The Bertz CT molecular complexity index is 323. The summed E-state index contributed by atoms with van der Waals surface area (Å²) in [6, 6.07) is 7.40. The van der Waals surface area contributed by atoms with Crippen molar-refractivity contribution in [3.05, 3.63) is 35.6 Å². The average Bonchev–Trinajstić information content (AvgIpc) is 2.33. The third kappa shape index (κ3) is 3.29. The maximum atomic E-state index is 13.3. The minimum absolute atomic E-state index is 0.107. The van der Waals surface area contributed by atoms with Gasteiger partial charge in [-0.3, -0.25) is 0 Å². The molecule has 1 N–H and O–H groups in total. The van der Waals surface area contributed by atoms with Gasteiger partial charge in [0.2, 0.25) is 0 Å². The van der Waals surface area contributed by atoms with Gasteiger partial charge < -0.3 is 10.1 Å². The Morgan fingerprint density at radius 3 is 3.00 bits per heavy atom. The standard InChI is InChI=1S/C13H18FNO/c14-13-6-2-1-4-11(13)7-8-15-12-5-3-9-16-10-12/h1-2,4,6,12,15H,3,5,7-10H2. The first-order valence-electron chi connectivity index (χ1n) is 5.91. The fraction of sp³-hybridized carbons (Fsp3) is 0.538. The van der Waals surface area contributed by atoms with Gasteiger partial charge in [-0.25, -0.2) is 4.39 Å². The molecule has 1 aliphatic rings. The molecule has 1 atom stereocenters. The average molecular weight is 223 g/mol. The van der Waals surface area contributed by atoms with Crippen molar-refractivity contribution >= 4 is 0 Å². The molecule has 88 valence electrons. The van der Waals surface area contributed by atoms with E-state index >= 15 is 0 Å². The predicted octanol–water partition coefficient (Wildman–Crippen LogP) is 2.14. The molecule has 0 spiro atoms. The van der Waals surface area contributed by atoms with E-state index in [0.29, 0.717) is 6.04 Å². The van der Waals surface area contributed by atoms with Crippen molar-refractivity contribution in [1.82, 2.24) is 5.32 Å². The van der Waals surface area contributed by atoms with Gasteiger partial charge in [0, 0.05) is 12.6 Å². The molecular weight excluding hydrogens is 205 g/mol. The fourth-order valence-electron chi connectivity index (χ4n) is 2.01. The molecule has 1 saturated heterocycles. The van der Waals surface area contributed by atoms with Crippen LogP contribution in [0.3, 0.4) is 0 Å². The number of rotatable bonds is 4. The molecule has 1 aromatic rings. The largest absolute Gasteiger partial charge is 0.380 e. The van der Waals surface area contributed by atoms with Crippen LogP contribution < -0.4 is 5.32 Å². The molecule has 1 aromatic carbocycles. The summed E-state index contributed by atoms with van der Waals surface area (Å²) in [7, 11) is 0. The Labute approximate surface area is 95.8 Å². The van der Waals surface area contributed by atoms with Crippen LogP contribution in [0.1, 0.15) is 18.4 Å². The van der Waals surface area contributed by atoms with E-state index in [2.05, 4.69) is 5.32 Å². The first kappa shape index (κ1) is 11.6. The molecule has 3 heteroatoms. The van der Waals surface area contributed by atoms with Gasteiger partial charge in [-0.15, -0.1) is 0 Å². The molecule has 1 heterocycles. The third-order valence-corrected chi connectivity index (χ3v) is 2.95. The van der Waals surface area contributed by atoms with Crippen molar-refractivity contribution in [2.75, 3.05) is 19.8 Å². The fourth-order valence-corrected chi connectivity index (χ4v) is 2.01. The maximum absolute atomic E-state index is 13.3. The molecule has 0 aromatic heterocycles. The van der Waals surface area contributed by atoms with E-state index in [9.17, 15) is 4.39 Å². The van der Waals surface area contributed by atoms with Crippen molar-refractivity contribution in [3.8, 4) is 0 Å². The Kier molecular flexibility index (Phi) is 4.31. The monoisotopic (exact) mass is 223 g/mol. The molecule has 0 aliphatic carbocycles. The quantitative estimate of drug-likeness (QED) is 0.844. The third-order valence-electron chi connectivity index (χ3n) is 2.95. The molecular formula is C13H18FNO. The van der Waals surface area contributed by atoms with E-state index in [1.807, 2.05) is 12.1 Å². The first-order valence-corrected chi connectivity index (χ1v) is 5.91. The van der Waals surface area contributed by atoms with E-state index in [-0.39, 0.29) is 5.82 Å². The zero-order valence-corrected chi connectivity index (χ0v) is 9.42. The topological polar surface area (TPSA) is 21.3 Å². The van der Waals surface area contributed by atoms with Gasteiger partial charge in [-0.05, 0) is 37.4 Å². The van der Waals surface area contributed by atoms with Gasteiger partial charge >= 0.3 is 0 Å². The smallest absolute Gasteiger partial charge is 0.126 e. The second-order valence-corrected chi connectivity index (χ2v) is 4.21. The van der Waals surface area contributed by atoms with Gasteiger partial charge in [0.1, 0.15) is 5.82 Å². The molecule has 0 radical (unpaired) electrons. The number of hydrogen-bond donors (Lipinski definition) is 1. The van der Waals surface area contributed by atoms with Crippen molar-refractivity contribution in [2.45, 2.75) is 25.3 Å². The number of benzene rings is 1. The second kappa shape index (κ2) is 5.97. The Balaban J connectivity index is 1.73. The van der Waals surface area contributed by atoms with Crippen LogP contribution in [-0.4, -0.2) is 25.8 Å². The molecule has 16 heavy (non-hydrogen) atoms. The highest BCUT2D eigenvalue weighted by Crippen LogP contribution is 2.08. The van der Waals surface area contributed by atoms with Crippen LogP contribution in [0, 0.1) is 5.82 Å². The number of ether oxygens (including phenoxy) is 1. The highest BCUT2D eigenvalue weighted by atomic mass is 19.1. The molecule has 2 nitrogen and oxygen atoms in total. The van der Waals surface area contributed by atoms with Crippen LogP contribution in [-0.2, 0) is 11.2 Å². The van der Waals surface area contributed by atoms with E-state index < -0.39 is 0 Å². The Morgan fingerprint density at radius 2 is 2.25 bits per heavy atom. The summed E-state index contributed by atoms with van der Waals surface area (Å²) in [4.78, 5) is 0. The van der Waals surface area contributed by atoms with Crippen molar-refractivity contribution in [2.24, 2.45) is 0 Å². The number of nitrogens with one attached hydrogen (secondary N) is 1. The van der Waals surface area contributed by atoms with Gasteiger partial charge in [0.15, 0.2) is 0 Å². The molecule has 1 fully saturated rings. The Hall–Kier alpha value is -0.930. The first-order chi connectivity index (χ1) is 7.86. The van der Waals surface area contributed by atoms with E-state index in [0.717, 1.165) is 44.6 Å². The van der Waals surface area contributed by atoms with Crippen molar-refractivity contribution < 1.29 is 9.13 Å². The van der Waals surface area contributed by atoms with Crippen LogP contribution in [0.2, 0.25) is 0 Å². The zero-order chi connectivity index (χ0) is 11.2. The summed E-state index contributed by atoms with van der Waals surface area (Å²) in [6.07, 6.45) is 3.03. The number of halogens is 1. The van der Waals surface area contributed by atoms with Crippen molar-refractivity contribution in [3.63, 3.8) is 0 Å². The minimum Gasteiger partial charge on any atom is -0.380 e. The predicted molar refractivity (Wildman–Crippen MR) is 61.9 cm³/mol. The molecule has 1 aliphatic heterocycles.